The molecule has 0 bridgehead atoms. The van der Waals surface area contributed by atoms with Gasteiger partial charge in [-0.05, 0) is 44.4 Å². The van der Waals surface area contributed by atoms with Gasteiger partial charge in [0.25, 0.3) is 11.5 Å². The maximum atomic E-state index is 12.8. The summed E-state index contributed by atoms with van der Waals surface area (Å²) in [5.74, 6) is -0.0158. The van der Waals surface area contributed by atoms with Crippen LogP contribution in [0.25, 0.3) is 21.3 Å². The van der Waals surface area contributed by atoms with Crippen molar-refractivity contribution in [2.75, 3.05) is 0 Å². The number of fused-ring (bicyclic) bond motifs is 1. The van der Waals surface area contributed by atoms with Crippen molar-refractivity contribution in [3.8, 4) is 11.1 Å². The summed E-state index contributed by atoms with van der Waals surface area (Å²) in [6.45, 7) is 7.46. The normalized spacial score (nSPS) is 16.1. The van der Waals surface area contributed by atoms with E-state index in [0.29, 0.717) is 16.0 Å². The largest absolute Gasteiger partial charge is 0.325 e. The highest BCUT2D eigenvalue weighted by molar-refractivity contribution is 7.17. The summed E-state index contributed by atoms with van der Waals surface area (Å²) in [6, 6.07) is 5.61. The number of aryl methyl sites for hydroxylation is 2. The molecule has 0 spiro atoms. The van der Waals surface area contributed by atoms with Gasteiger partial charge in [0.05, 0.1) is 11.9 Å². The summed E-state index contributed by atoms with van der Waals surface area (Å²) in [4.78, 5) is 46.1. The smallest absolute Gasteiger partial charge is 0.308 e. The van der Waals surface area contributed by atoms with E-state index in [1.54, 1.807) is 13.8 Å². The summed E-state index contributed by atoms with van der Waals surface area (Å²) in [5, 5.41) is 4.76. The minimum Gasteiger partial charge on any atom is -0.308 e. The number of nitrogens with one attached hydrogen (secondary N) is 2. The Bertz CT molecular complexity index is 1190. The fourth-order valence-corrected chi connectivity index (χ4v) is 4.27. The first-order valence-electron chi connectivity index (χ1n) is 8.89. The lowest BCUT2D eigenvalue weighted by Crippen LogP contribution is -2.44. The molecule has 3 heterocycles. The lowest BCUT2D eigenvalue weighted by Gasteiger charge is -2.27. The second kappa shape index (κ2) is 6.27. The average molecular weight is 396 g/mol. The van der Waals surface area contributed by atoms with Crippen LogP contribution in [0, 0.1) is 13.8 Å². The van der Waals surface area contributed by atoms with E-state index in [-0.39, 0.29) is 18.0 Å². The van der Waals surface area contributed by atoms with Crippen molar-refractivity contribution in [3.05, 3.63) is 50.9 Å². The Balaban J connectivity index is 1.75. The molecule has 1 aliphatic rings. The van der Waals surface area contributed by atoms with E-state index in [1.807, 2.05) is 31.4 Å². The zero-order chi connectivity index (χ0) is 20.2. The molecule has 8 heteroatoms. The molecule has 0 saturated carbocycles. The molecule has 3 amide bonds. The van der Waals surface area contributed by atoms with Gasteiger partial charge in [-0.2, -0.15) is 0 Å². The molecule has 3 aromatic rings. The third kappa shape index (κ3) is 2.80. The number of rotatable bonds is 3. The molecule has 0 aliphatic carbocycles. The van der Waals surface area contributed by atoms with E-state index < -0.39 is 11.6 Å². The Labute approximate surface area is 165 Å². The van der Waals surface area contributed by atoms with Gasteiger partial charge >= 0.3 is 6.03 Å². The SMILES string of the molecule is Cc1ccc(-c2csc3nc(CN4C(=O)NC(=O)C4(C)C)[nH]c(=O)c23)cc1C. The van der Waals surface area contributed by atoms with Crippen molar-refractivity contribution in [2.24, 2.45) is 0 Å². The number of thiophene rings is 1. The van der Waals surface area contributed by atoms with Crippen LogP contribution in [0.3, 0.4) is 0 Å². The number of aromatic nitrogens is 2. The number of carbonyl (C=O) groups is 2. The number of hydrogen-bond acceptors (Lipinski definition) is 5. The van der Waals surface area contributed by atoms with Crippen LogP contribution in [0.15, 0.2) is 28.4 Å². The Morgan fingerprint density at radius 1 is 1.14 bits per heavy atom. The fourth-order valence-electron chi connectivity index (χ4n) is 3.30. The molecule has 0 radical (unpaired) electrons. The molecule has 4 rings (SSSR count). The Hall–Kier alpha value is -3.00. The van der Waals surface area contributed by atoms with Crippen LogP contribution < -0.4 is 10.9 Å². The topological polar surface area (TPSA) is 95.2 Å². The number of urea groups is 1. The number of H-pyrrole nitrogens is 1. The zero-order valence-electron chi connectivity index (χ0n) is 16.0. The van der Waals surface area contributed by atoms with Gasteiger partial charge in [-0.25, -0.2) is 9.78 Å². The van der Waals surface area contributed by atoms with E-state index >= 15 is 0 Å². The van der Waals surface area contributed by atoms with Gasteiger partial charge in [-0.15, -0.1) is 11.3 Å². The van der Waals surface area contributed by atoms with E-state index in [1.165, 1.54) is 21.8 Å². The number of nitrogens with zero attached hydrogens (tertiary/aromatic N) is 2. The summed E-state index contributed by atoms with van der Waals surface area (Å²) >= 11 is 1.39. The van der Waals surface area contributed by atoms with Crippen molar-refractivity contribution in [2.45, 2.75) is 39.8 Å². The monoisotopic (exact) mass is 396 g/mol. The molecule has 28 heavy (non-hydrogen) atoms. The predicted octanol–water partition coefficient (Wildman–Crippen LogP) is 3.10. The molecule has 2 N–H and O–H groups in total. The van der Waals surface area contributed by atoms with E-state index in [2.05, 4.69) is 21.4 Å². The molecular formula is C20H20N4O3S. The number of hydrogen-bond donors (Lipinski definition) is 2. The average Bonchev–Trinajstić information content (AvgIpc) is 3.13. The highest BCUT2D eigenvalue weighted by atomic mass is 32.1. The number of aromatic amines is 1. The van der Waals surface area contributed by atoms with Gasteiger partial charge in [-0.1, -0.05) is 18.2 Å². The van der Waals surface area contributed by atoms with E-state index in [9.17, 15) is 14.4 Å². The molecule has 1 saturated heterocycles. The lowest BCUT2D eigenvalue weighted by molar-refractivity contribution is -0.125. The predicted molar refractivity (Wildman–Crippen MR) is 108 cm³/mol. The third-order valence-electron chi connectivity index (χ3n) is 5.31. The number of carbonyl (C=O) groups excluding carboxylic acids is 2. The van der Waals surface area contributed by atoms with Crippen LogP contribution in [0.2, 0.25) is 0 Å². The van der Waals surface area contributed by atoms with Gasteiger partial charge in [0.15, 0.2) is 0 Å². The van der Waals surface area contributed by atoms with Crippen molar-refractivity contribution in [1.82, 2.24) is 20.2 Å². The molecule has 7 nitrogen and oxygen atoms in total. The highest BCUT2D eigenvalue weighted by Gasteiger charge is 2.45. The summed E-state index contributed by atoms with van der Waals surface area (Å²) < 4.78 is 0. The van der Waals surface area contributed by atoms with Gasteiger partial charge in [0, 0.05) is 10.9 Å². The van der Waals surface area contributed by atoms with E-state index in [0.717, 1.165) is 16.7 Å². The quantitative estimate of drug-likeness (QED) is 0.665. The van der Waals surface area contributed by atoms with Crippen molar-refractivity contribution < 1.29 is 9.59 Å². The van der Waals surface area contributed by atoms with Gasteiger partial charge in [0.1, 0.15) is 16.2 Å². The second-order valence-electron chi connectivity index (χ2n) is 7.55. The van der Waals surface area contributed by atoms with Crippen LogP contribution in [0.1, 0.15) is 30.8 Å². The van der Waals surface area contributed by atoms with Crippen molar-refractivity contribution in [3.63, 3.8) is 0 Å². The second-order valence-corrected chi connectivity index (χ2v) is 8.40. The number of amides is 3. The number of benzene rings is 1. The van der Waals surface area contributed by atoms with Gasteiger partial charge < -0.3 is 9.88 Å². The minimum absolute atomic E-state index is 0.0482. The van der Waals surface area contributed by atoms with Crippen LogP contribution in [0.4, 0.5) is 4.79 Å². The van der Waals surface area contributed by atoms with Crippen molar-refractivity contribution >= 4 is 33.5 Å². The first kappa shape index (κ1) is 18.4. The summed E-state index contributed by atoms with van der Waals surface area (Å²) in [7, 11) is 0. The first-order valence-corrected chi connectivity index (χ1v) is 9.77. The van der Waals surface area contributed by atoms with Gasteiger partial charge in [0.2, 0.25) is 0 Å². The number of imide groups is 1. The molecule has 1 aromatic carbocycles. The Morgan fingerprint density at radius 2 is 1.89 bits per heavy atom. The Morgan fingerprint density at radius 3 is 2.54 bits per heavy atom. The first-order chi connectivity index (χ1) is 13.2. The van der Waals surface area contributed by atoms with Crippen LogP contribution >= 0.6 is 11.3 Å². The van der Waals surface area contributed by atoms with Crippen LogP contribution in [0.5, 0.6) is 0 Å². The third-order valence-corrected chi connectivity index (χ3v) is 6.19. The minimum atomic E-state index is -0.995. The maximum Gasteiger partial charge on any atom is 0.325 e. The highest BCUT2D eigenvalue weighted by Crippen LogP contribution is 2.32. The van der Waals surface area contributed by atoms with Gasteiger partial charge in [-0.3, -0.25) is 14.9 Å². The fraction of sp³-hybridized carbons (Fsp3) is 0.300. The van der Waals surface area contributed by atoms with Crippen LogP contribution in [-0.4, -0.2) is 32.3 Å². The van der Waals surface area contributed by atoms with E-state index in [4.69, 9.17) is 0 Å². The maximum absolute atomic E-state index is 12.8. The molecule has 1 aliphatic heterocycles. The molecule has 0 atom stereocenters. The Kier molecular flexibility index (Phi) is 4.11. The molecule has 1 fully saturated rings. The molecule has 0 unspecified atom stereocenters. The lowest BCUT2D eigenvalue weighted by atomic mass is 10.0. The summed E-state index contributed by atoms with van der Waals surface area (Å²) in [5.41, 5.74) is 2.92. The zero-order valence-corrected chi connectivity index (χ0v) is 16.9. The molecular weight excluding hydrogens is 376 g/mol. The molecule has 144 valence electrons. The summed E-state index contributed by atoms with van der Waals surface area (Å²) in [6.07, 6.45) is 0. The van der Waals surface area contributed by atoms with Crippen molar-refractivity contribution in [1.29, 1.82) is 0 Å². The van der Waals surface area contributed by atoms with Crippen LogP contribution in [-0.2, 0) is 11.3 Å². The standard InChI is InChI=1S/C20H20N4O3S/c1-10-5-6-12(7-11(10)2)13-9-28-17-15(13)16(25)21-14(22-17)8-24-19(27)23-18(26)20(24,3)4/h5-7,9H,8H2,1-4H3,(H,21,22,25)(H,23,26,27). The molecule has 2 aromatic heterocycles.